The summed E-state index contributed by atoms with van der Waals surface area (Å²) >= 11 is 7.16. The van der Waals surface area contributed by atoms with Crippen molar-refractivity contribution < 1.29 is 4.42 Å². The van der Waals surface area contributed by atoms with Gasteiger partial charge in [0.05, 0.1) is 5.69 Å². The molecule has 0 bridgehead atoms. The molecule has 4 heteroatoms. The van der Waals surface area contributed by atoms with Gasteiger partial charge in [0, 0.05) is 32.9 Å². The summed E-state index contributed by atoms with van der Waals surface area (Å²) in [6, 6.07) is 14.3. The lowest BCUT2D eigenvalue weighted by atomic mass is 10.1. The fourth-order valence-corrected chi connectivity index (χ4v) is 3.75. The smallest absolute Gasteiger partial charge is 0.134 e. The van der Waals surface area contributed by atoms with Crippen molar-refractivity contribution in [2.75, 3.05) is 5.32 Å². The van der Waals surface area contributed by atoms with Gasteiger partial charge in [-0.15, -0.1) is 0 Å². The van der Waals surface area contributed by atoms with Crippen LogP contribution in [0.15, 0.2) is 55.8 Å². The van der Waals surface area contributed by atoms with Gasteiger partial charge >= 0.3 is 0 Å². The van der Waals surface area contributed by atoms with Gasteiger partial charge in [0.15, 0.2) is 0 Å². The third-order valence-corrected chi connectivity index (χ3v) is 4.83. The Labute approximate surface area is 140 Å². The third kappa shape index (κ3) is 2.87. The molecule has 2 nitrogen and oxygen atoms in total. The lowest BCUT2D eigenvalue weighted by Crippen LogP contribution is -2.02. The molecule has 0 aliphatic carbocycles. The van der Waals surface area contributed by atoms with Gasteiger partial charge in [0.1, 0.15) is 11.3 Å². The van der Waals surface area contributed by atoms with Crippen LogP contribution in [0.25, 0.3) is 11.0 Å². The minimum Gasteiger partial charge on any atom is -0.461 e. The minimum absolute atomic E-state index is 0.737. The summed E-state index contributed by atoms with van der Waals surface area (Å²) in [5.41, 5.74) is 3.25. The van der Waals surface area contributed by atoms with E-state index >= 15 is 0 Å². The normalized spacial score (nSPS) is 11.0. The number of halogens is 2. The maximum absolute atomic E-state index is 5.93. The van der Waals surface area contributed by atoms with Crippen LogP contribution in [0.2, 0.25) is 0 Å². The number of rotatable bonds is 4. The van der Waals surface area contributed by atoms with E-state index in [0.29, 0.717) is 0 Å². The molecule has 0 atom stereocenters. The van der Waals surface area contributed by atoms with Crippen molar-refractivity contribution in [2.45, 2.75) is 19.9 Å². The highest BCUT2D eigenvalue weighted by atomic mass is 79.9. The quantitative estimate of drug-likeness (QED) is 0.561. The Hall–Kier alpha value is -1.26. The summed E-state index contributed by atoms with van der Waals surface area (Å²) < 4.78 is 8.02. The van der Waals surface area contributed by atoms with Gasteiger partial charge in [-0.05, 0) is 50.1 Å². The highest BCUT2D eigenvalue weighted by Gasteiger charge is 2.13. The van der Waals surface area contributed by atoms with Gasteiger partial charge in [0.25, 0.3) is 0 Å². The Morgan fingerprint density at radius 2 is 1.71 bits per heavy atom. The Balaban J connectivity index is 1.95. The maximum Gasteiger partial charge on any atom is 0.134 e. The summed E-state index contributed by atoms with van der Waals surface area (Å²) in [7, 11) is 0. The zero-order chi connectivity index (χ0) is 14.8. The zero-order valence-corrected chi connectivity index (χ0v) is 14.8. The summed E-state index contributed by atoms with van der Waals surface area (Å²) in [6.45, 7) is 2.86. The Bertz CT molecular complexity index is 759. The van der Waals surface area contributed by atoms with E-state index < -0.39 is 0 Å². The largest absolute Gasteiger partial charge is 0.461 e. The number of furan rings is 1. The van der Waals surface area contributed by atoms with Crippen LogP contribution >= 0.6 is 31.9 Å². The van der Waals surface area contributed by atoms with Gasteiger partial charge in [-0.3, -0.25) is 0 Å². The van der Waals surface area contributed by atoms with E-state index in [9.17, 15) is 0 Å². The first-order valence-electron chi connectivity index (χ1n) is 6.88. The first-order valence-corrected chi connectivity index (χ1v) is 8.46. The Morgan fingerprint density at radius 1 is 1.00 bits per heavy atom. The molecule has 21 heavy (non-hydrogen) atoms. The van der Waals surface area contributed by atoms with Gasteiger partial charge < -0.3 is 9.73 Å². The fourth-order valence-electron chi connectivity index (χ4n) is 2.47. The van der Waals surface area contributed by atoms with Crippen molar-refractivity contribution in [3.63, 3.8) is 0 Å². The summed E-state index contributed by atoms with van der Waals surface area (Å²) in [5.74, 6) is 1.05. The predicted molar refractivity (Wildman–Crippen MR) is 94.8 cm³/mol. The monoisotopic (exact) mass is 407 g/mol. The van der Waals surface area contributed by atoms with E-state index in [1.807, 2.05) is 30.3 Å². The molecule has 0 amide bonds. The third-order valence-electron chi connectivity index (χ3n) is 3.51. The summed E-state index contributed by atoms with van der Waals surface area (Å²) in [5, 5.41) is 4.68. The van der Waals surface area contributed by atoms with Crippen LogP contribution in [-0.2, 0) is 13.0 Å². The van der Waals surface area contributed by atoms with Gasteiger partial charge in [-0.2, -0.15) is 0 Å². The van der Waals surface area contributed by atoms with E-state index in [-0.39, 0.29) is 0 Å². The number of para-hydroxylation sites is 2. The number of nitrogens with one attached hydrogen (secondary N) is 1. The van der Waals surface area contributed by atoms with E-state index in [1.165, 1.54) is 10.9 Å². The second kappa shape index (κ2) is 6.24. The number of benzene rings is 2. The maximum atomic E-state index is 5.93. The molecular formula is C17H15Br2NO. The van der Waals surface area contributed by atoms with Gasteiger partial charge in [-0.25, -0.2) is 0 Å². The molecule has 1 heterocycles. The van der Waals surface area contributed by atoms with Crippen molar-refractivity contribution >= 4 is 48.5 Å². The number of hydrogen-bond donors (Lipinski definition) is 1. The van der Waals surface area contributed by atoms with E-state index in [4.69, 9.17) is 4.42 Å². The van der Waals surface area contributed by atoms with Crippen LogP contribution < -0.4 is 5.32 Å². The molecule has 0 aliphatic rings. The average Bonchev–Trinajstić information content (AvgIpc) is 2.85. The molecule has 108 valence electrons. The van der Waals surface area contributed by atoms with Crippen molar-refractivity contribution in [3.05, 3.63) is 62.7 Å². The fraction of sp³-hybridized carbons (Fsp3) is 0.176. The SMILES string of the molecule is CCc1oc2ccccc2c1CNc1c(Br)cccc1Br. The molecule has 3 rings (SSSR count). The first-order chi connectivity index (χ1) is 10.2. The molecule has 1 aromatic heterocycles. The van der Waals surface area contributed by atoms with Crippen molar-refractivity contribution in [3.8, 4) is 0 Å². The zero-order valence-electron chi connectivity index (χ0n) is 11.6. The molecule has 0 spiro atoms. The summed E-state index contributed by atoms with van der Waals surface area (Å²) in [6.07, 6.45) is 0.892. The van der Waals surface area contributed by atoms with Crippen LogP contribution in [0.5, 0.6) is 0 Å². The average molecular weight is 409 g/mol. The second-order valence-corrected chi connectivity index (χ2v) is 6.51. The summed E-state index contributed by atoms with van der Waals surface area (Å²) in [4.78, 5) is 0. The van der Waals surface area contributed by atoms with E-state index in [0.717, 1.165) is 38.9 Å². The van der Waals surface area contributed by atoms with Crippen LogP contribution in [0.3, 0.4) is 0 Å². The van der Waals surface area contributed by atoms with E-state index in [1.54, 1.807) is 0 Å². The van der Waals surface area contributed by atoms with Crippen LogP contribution in [-0.4, -0.2) is 0 Å². The molecule has 3 aromatic rings. The second-order valence-electron chi connectivity index (χ2n) is 4.80. The minimum atomic E-state index is 0.737. The number of aryl methyl sites for hydroxylation is 1. The molecule has 0 radical (unpaired) electrons. The number of fused-ring (bicyclic) bond motifs is 1. The molecular weight excluding hydrogens is 394 g/mol. The van der Waals surface area contributed by atoms with Crippen LogP contribution in [0, 0.1) is 0 Å². The number of anilines is 1. The Kier molecular flexibility index (Phi) is 4.36. The molecule has 0 aliphatic heterocycles. The molecule has 0 saturated carbocycles. The molecule has 0 fully saturated rings. The van der Waals surface area contributed by atoms with Crippen molar-refractivity contribution in [2.24, 2.45) is 0 Å². The van der Waals surface area contributed by atoms with Crippen molar-refractivity contribution in [1.29, 1.82) is 0 Å². The topological polar surface area (TPSA) is 25.2 Å². The van der Waals surface area contributed by atoms with Gasteiger partial charge in [-0.1, -0.05) is 31.2 Å². The predicted octanol–water partition coefficient (Wildman–Crippen LogP) is 6.13. The molecule has 2 aromatic carbocycles. The lowest BCUT2D eigenvalue weighted by molar-refractivity contribution is 0.551. The highest BCUT2D eigenvalue weighted by Crippen LogP contribution is 2.32. The van der Waals surface area contributed by atoms with Crippen LogP contribution in [0.1, 0.15) is 18.2 Å². The highest BCUT2D eigenvalue weighted by molar-refractivity contribution is 9.11. The number of hydrogen-bond acceptors (Lipinski definition) is 2. The van der Waals surface area contributed by atoms with E-state index in [2.05, 4.69) is 56.2 Å². The standard InChI is InChI=1S/C17H15Br2NO/c1-2-15-12(11-6-3-4-9-16(11)21-15)10-20-17-13(18)7-5-8-14(17)19/h3-9,20H,2,10H2,1H3. The molecule has 0 unspecified atom stereocenters. The first kappa shape index (κ1) is 14.7. The van der Waals surface area contributed by atoms with Crippen molar-refractivity contribution in [1.82, 2.24) is 0 Å². The van der Waals surface area contributed by atoms with Crippen LogP contribution in [0.4, 0.5) is 5.69 Å². The van der Waals surface area contributed by atoms with Gasteiger partial charge in [0.2, 0.25) is 0 Å². The lowest BCUT2D eigenvalue weighted by Gasteiger charge is -2.11. The molecule has 0 saturated heterocycles. The molecule has 1 N–H and O–H groups in total. The Morgan fingerprint density at radius 3 is 2.43 bits per heavy atom.